The van der Waals surface area contributed by atoms with E-state index in [0.717, 1.165) is 6.54 Å². The lowest BCUT2D eigenvalue weighted by atomic mass is 10.2. The lowest BCUT2D eigenvalue weighted by molar-refractivity contribution is 0.662. The number of hydrogen-bond acceptors (Lipinski definition) is 2. The van der Waals surface area contributed by atoms with Gasteiger partial charge in [0.15, 0.2) is 0 Å². The molecule has 1 unspecified atom stereocenters. The van der Waals surface area contributed by atoms with Crippen LogP contribution in [0.2, 0.25) is 0 Å². The average Bonchev–Trinajstić information content (AvgIpc) is 2.21. The Bertz CT molecular complexity index is 300. The molecule has 0 heterocycles. The van der Waals surface area contributed by atoms with E-state index < -0.39 is 0 Å². The van der Waals surface area contributed by atoms with Crippen LogP contribution < -0.4 is 4.90 Å². The van der Waals surface area contributed by atoms with Gasteiger partial charge in [0.05, 0.1) is 12.5 Å². The Balaban J connectivity index is 2.78. The van der Waals surface area contributed by atoms with Gasteiger partial charge in [0, 0.05) is 18.3 Å². The molecule has 0 aromatic heterocycles. The Kier molecular flexibility index (Phi) is 4.00. The Labute approximate surface area is 85.8 Å². The van der Waals surface area contributed by atoms with Crippen LogP contribution in [0.4, 0.5) is 5.69 Å². The predicted molar refractivity (Wildman–Crippen MR) is 59.2 cm³/mol. The predicted octanol–water partition coefficient (Wildman–Crippen LogP) is 2.82. The summed E-state index contributed by atoms with van der Waals surface area (Å²) in [6.07, 6.45) is 0.572. The van der Waals surface area contributed by atoms with Gasteiger partial charge in [-0.05, 0) is 26.0 Å². The molecule has 0 bridgehead atoms. The van der Waals surface area contributed by atoms with E-state index in [0.29, 0.717) is 6.42 Å². The molecule has 0 N–H and O–H groups in total. The van der Waals surface area contributed by atoms with E-state index in [-0.39, 0.29) is 6.04 Å². The van der Waals surface area contributed by atoms with Crippen molar-refractivity contribution >= 4 is 5.69 Å². The van der Waals surface area contributed by atoms with Crippen molar-refractivity contribution in [2.24, 2.45) is 0 Å². The molecule has 2 heteroatoms. The molecule has 0 aliphatic heterocycles. The second-order valence-electron chi connectivity index (χ2n) is 3.33. The van der Waals surface area contributed by atoms with E-state index >= 15 is 0 Å². The fourth-order valence-electron chi connectivity index (χ4n) is 1.61. The maximum Gasteiger partial charge on any atom is 0.0643 e. The normalized spacial score (nSPS) is 11.8. The molecule has 1 aromatic rings. The quantitative estimate of drug-likeness (QED) is 0.726. The highest BCUT2D eigenvalue weighted by molar-refractivity contribution is 5.46. The summed E-state index contributed by atoms with van der Waals surface area (Å²) < 4.78 is 0. The minimum absolute atomic E-state index is 0.285. The van der Waals surface area contributed by atoms with E-state index in [9.17, 15) is 0 Å². The lowest BCUT2D eigenvalue weighted by Crippen LogP contribution is -2.32. The molecule has 0 spiro atoms. The first-order chi connectivity index (χ1) is 6.79. The Morgan fingerprint density at radius 2 is 2.00 bits per heavy atom. The summed E-state index contributed by atoms with van der Waals surface area (Å²) in [6.45, 7) is 5.13. The van der Waals surface area contributed by atoms with Gasteiger partial charge in [-0.1, -0.05) is 18.2 Å². The minimum Gasteiger partial charge on any atom is -0.368 e. The molecule has 1 aromatic carbocycles. The Morgan fingerprint density at radius 3 is 2.50 bits per heavy atom. The van der Waals surface area contributed by atoms with Crippen molar-refractivity contribution in [2.45, 2.75) is 26.3 Å². The first-order valence-corrected chi connectivity index (χ1v) is 4.98. The van der Waals surface area contributed by atoms with Crippen LogP contribution in [0.3, 0.4) is 0 Å². The van der Waals surface area contributed by atoms with Gasteiger partial charge in [0.1, 0.15) is 0 Å². The zero-order valence-corrected chi connectivity index (χ0v) is 8.77. The first kappa shape index (κ1) is 10.6. The Morgan fingerprint density at radius 1 is 1.36 bits per heavy atom. The molecular formula is C12H16N2. The summed E-state index contributed by atoms with van der Waals surface area (Å²) in [4.78, 5) is 2.24. The van der Waals surface area contributed by atoms with Crippen molar-refractivity contribution in [3.8, 4) is 6.07 Å². The van der Waals surface area contributed by atoms with Crippen molar-refractivity contribution in [3.63, 3.8) is 0 Å². The molecule has 74 valence electrons. The zero-order valence-electron chi connectivity index (χ0n) is 8.77. The maximum absolute atomic E-state index is 8.65. The number of nitrogens with zero attached hydrogens (tertiary/aromatic N) is 2. The van der Waals surface area contributed by atoms with Gasteiger partial charge in [-0.3, -0.25) is 0 Å². The fourth-order valence-corrected chi connectivity index (χ4v) is 1.61. The number of anilines is 1. The van der Waals surface area contributed by atoms with Crippen molar-refractivity contribution in [3.05, 3.63) is 30.3 Å². The van der Waals surface area contributed by atoms with E-state index in [4.69, 9.17) is 5.26 Å². The fraction of sp³-hybridized carbons (Fsp3) is 0.417. The highest BCUT2D eigenvalue weighted by Crippen LogP contribution is 2.17. The second-order valence-corrected chi connectivity index (χ2v) is 3.33. The summed E-state index contributed by atoms with van der Waals surface area (Å²) in [5.74, 6) is 0. The molecule has 14 heavy (non-hydrogen) atoms. The van der Waals surface area contributed by atoms with Crippen LogP contribution in [0.15, 0.2) is 30.3 Å². The van der Waals surface area contributed by atoms with E-state index in [1.54, 1.807) is 0 Å². The lowest BCUT2D eigenvalue weighted by Gasteiger charge is -2.28. The molecule has 0 aliphatic rings. The van der Waals surface area contributed by atoms with Gasteiger partial charge in [0.2, 0.25) is 0 Å². The van der Waals surface area contributed by atoms with Crippen molar-refractivity contribution in [1.82, 2.24) is 0 Å². The van der Waals surface area contributed by atoms with Gasteiger partial charge in [-0.25, -0.2) is 0 Å². The minimum atomic E-state index is 0.285. The zero-order chi connectivity index (χ0) is 10.4. The molecule has 1 rings (SSSR count). The molecule has 0 fully saturated rings. The third-order valence-corrected chi connectivity index (χ3v) is 2.35. The van der Waals surface area contributed by atoms with Gasteiger partial charge in [0.25, 0.3) is 0 Å². The summed E-state index contributed by atoms with van der Waals surface area (Å²) in [5, 5.41) is 8.65. The summed E-state index contributed by atoms with van der Waals surface area (Å²) in [6, 6.07) is 12.7. The number of para-hydroxylation sites is 1. The van der Waals surface area contributed by atoms with Crippen LogP contribution in [0, 0.1) is 11.3 Å². The third kappa shape index (κ3) is 2.50. The second kappa shape index (κ2) is 5.29. The molecule has 0 saturated carbocycles. The number of nitriles is 1. The van der Waals surface area contributed by atoms with E-state index in [2.05, 4.69) is 36.9 Å². The summed E-state index contributed by atoms with van der Waals surface area (Å²) in [5.41, 5.74) is 1.19. The summed E-state index contributed by atoms with van der Waals surface area (Å²) >= 11 is 0. The van der Waals surface area contributed by atoms with Crippen LogP contribution in [0.5, 0.6) is 0 Å². The van der Waals surface area contributed by atoms with Crippen LogP contribution in [0.25, 0.3) is 0 Å². The average molecular weight is 188 g/mol. The van der Waals surface area contributed by atoms with E-state index in [1.807, 2.05) is 18.2 Å². The van der Waals surface area contributed by atoms with Crippen LogP contribution in [-0.2, 0) is 0 Å². The van der Waals surface area contributed by atoms with E-state index in [1.165, 1.54) is 5.69 Å². The van der Waals surface area contributed by atoms with Crippen LogP contribution in [-0.4, -0.2) is 12.6 Å². The largest absolute Gasteiger partial charge is 0.368 e. The number of benzene rings is 1. The molecule has 0 radical (unpaired) electrons. The standard InChI is InChI=1S/C12H16N2/c1-3-14(11(2)9-10-13)12-7-5-4-6-8-12/h4-8,11H,3,9H2,1-2H3. The maximum atomic E-state index is 8.65. The van der Waals surface area contributed by atoms with Crippen molar-refractivity contribution < 1.29 is 0 Å². The number of rotatable bonds is 4. The SMILES string of the molecule is CCN(c1ccccc1)C(C)CC#N. The van der Waals surface area contributed by atoms with Crippen molar-refractivity contribution in [2.75, 3.05) is 11.4 Å². The molecule has 1 atom stereocenters. The van der Waals surface area contributed by atoms with Crippen LogP contribution >= 0.6 is 0 Å². The van der Waals surface area contributed by atoms with Gasteiger partial charge in [-0.15, -0.1) is 0 Å². The molecule has 0 aliphatic carbocycles. The van der Waals surface area contributed by atoms with Crippen molar-refractivity contribution in [1.29, 1.82) is 5.26 Å². The van der Waals surface area contributed by atoms with Gasteiger partial charge < -0.3 is 4.90 Å². The summed E-state index contributed by atoms with van der Waals surface area (Å²) in [7, 11) is 0. The molecule has 0 saturated heterocycles. The third-order valence-electron chi connectivity index (χ3n) is 2.35. The smallest absolute Gasteiger partial charge is 0.0643 e. The highest BCUT2D eigenvalue weighted by Gasteiger charge is 2.11. The molecule has 2 nitrogen and oxygen atoms in total. The van der Waals surface area contributed by atoms with Gasteiger partial charge in [-0.2, -0.15) is 5.26 Å². The topological polar surface area (TPSA) is 27.0 Å². The molecular weight excluding hydrogens is 172 g/mol. The molecule has 0 amide bonds. The van der Waals surface area contributed by atoms with Gasteiger partial charge >= 0.3 is 0 Å². The first-order valence-electron chi connectivity index (χ1n) is 4.98. The number of hydrogen-bond donors (Lipinski definition) is 0. The monoisotopic (exact) mass is 188 g/mol. The highest BCUT2D eigenvalue weighted by atomic mass is 15.1. The van der Waals surface area contributed by atoms with Crippen LogP contribution in [0.1, 0.15) is 20.3 Å². The Hall–Kier alpha value is -1.49.